The first kappa shape index (κ1) is 27.6. The lowest BCUT2D eigenvalue weighted by atomic mass is 9.85. The van der Waals surface area contributed by atoms with Crippen molar-refractivity contribution in [1.29, 1.82) is 0 Å². The van der Waals surface area contributed by atoms with Gasteiger partial charge in [-0.3, -0.25) is 9.59 Å². The number of carbonyl (C=O) groups excluding carboxylic acids is 2. The number of ether oxygens (including phenoxy) is 1. The Kier molecular flexibility index (Phi) is 7.74. The van der Waals surface area contributed by atoms with Crippen molar-refractivity contribution in [2.45, 2.75) is 50.0 Å². The monoisotopic (exact) mass is 557 g/mol. The minimum absolute atomic E-state index is 0.0188. The van der Waals surface area contributed by atoms with Crippen LogP contribution in [0.25, 0.3) is 5.69 Å². The Morgan fingerprint density at radius 2 is 1.93 bits per heavy atom. The van der Waals surface area contributed by atoms with Gasteiger partial charge in [-0.1, -0.05) is 30.3 Å². The Hall–Kier alpha value is -4.00. The number of halogens is 3. The Bertz CT molecular complexity index is 1360. The molecule has 2 aliphatic rings. The number of alkyl halides is 3. The number of nitrogens with zero attached hydrogens (tertiary/aromatic N) is 6. The molecule has 0 saturated carbocycles. The third-order valence-electron chi connectivity index (χ3n) is 7.72. The molecule has 10 nitrogen and oxygen atoms in total. The molecule has 13 heteroatoms. The number of hydrogen-bond donors (Lipinski definition) is 1. The number of aromatic nitrogens is 4. The predicted molar refractivity (Wildman–Crippen MR) is 138 cm³/mol. The second-order valence-electron chi connectivity index (χ2n) is 10.0. The van der Waals surface area contributed by atoms with Crippen molar-refractivity contribution in [3.63, 3.8) is 0 Å². The van der Waals surface area contributed by atoms with E-state index in [4.69, 9.17) is 4.74 Å². The first-order valence-electron chi connectivity index (χ1n) is 13.0. The number of tetrazole rings is 1. The molecule has 2 aliphatic heterocycles. The van der Waals surface area contributed by atoms with Crippen LogP contribution in [0.4, 0.5) is 13.2 Å². The second-order valence-corrected chi connectivity index (χ2v) is 10.0. The zero-order chi connectivity index (χ0) is 28.4. The van der Waals surface area contributed by atoms with Gasteiger partial charge in [-0.2, -0.15) is 17.9 Å². The Morgan fingerprint density at radius 1 is 1.15 bits per heavy atom. The van der Waals surface area contributed by atoms with Gasteiger partial charge in [0.25, 0.3) is 5.82 Å². The number of amides is 2. The van der Waals surface area contributed by atoms with E-state index in [-0.39, 0.29) is 29.5 Å². The number of nitrogens with one attached hydrogen (secondary N) is 1. The van der Waals surface area contributed by atoms with Crippen LogP contribution in [0, 0.1) is 0 Å². The Labute approximate surface area is 229 Å². The fourth-order valence-electron chi connectivity index (χ4n) is 5.55. The molecule has 3 aromatic rings. The minimum Gasteiger partial charge on any atom is -0.496 e. The van der Waals surface area contributed by atoms with E-state index in [9.17, 15) is 22.8 Å². The summed E-state index contributed by atoms with van der Waals surface area (Å²) in [7, 11) is 3.17. The highest BCUT2D eigenvalue weighted by atomic mass is 19.4. The molecule has 3 heterocycles. The maximum atomic E-state index is 13.4. The molecule has 0 spiro atoms. The lowest BCUT2D eigenvalue weighted by molar-refractivity contribution is -0.146. The topological polar surface area (TPSA) is 105 Å². The number of rotatable bonds is 7. The average molecular weight is 558 g/mol. The summed E-state index contributed by atoms with van der Waals surface area (Å²) in [6.07, 6.45) is -3.15. The maximum absolute atomic E-state index is 13.4. The van der Waals surface area contributed by atoms with Gasteiger partial charge in [-0.25, -0.2) is 0 Å². The third-order valence-corrected chi connectivity index (χ3v) is 7.72. The summed E-state index contributed by atoms with van der Waals surface area (Å²) in [5.41, 5.74) is 1.86. The summed E-state index contributed by atoms with van der Waals surface area (Å²) in [6, 6.07) is 14.0. The van der Waals surface area contributed by atoms with Crippen molar-refractivity contribution in [2.75, 3.05) is 27.2 Å². The number of carbonyl (C=O) groups is 2. The summed E-state index contributed by atoms with van der Waals surface area (Å²) < 4.78 is 46.3. The molecule has 1 N–H and O–H groups in total. The number of piperidine rings is 1. The highest BCUT2D eigenvalue weighted by Crippen LogP contribution is 2.32. The van der Waals surface area contributed by atoms with Crippen molar-refractivity contribution < 1.29 is 27.5 Å². The van der Waals surface area contributed by atoms with E-state index in [2.05, 4.69) is 20.8 Å². The zero-order valence-corrected chi connectivity index (χ0v) is 22.1. The molecule has 2 amide bonds. The SMILES string of the molecule is COc1ccc(-n2nnnc2C(F)(F)F)cc1CNC1CCN(C(=O)C2CCC(=O)N2C)CC1c1ccccc1. The summed E-state index contributed by atoms with van der Waals surface area (Å²) >= 11 is 0. The van der Waals surface area contributed by atoms with E-state index >= 15 is 0 Å². The van der Waals surface area contributed by atoms with Crippen molar-refractivity contribution >= 4 is 11.8 Å². The molecule has 0 aliphatic carbocycles. The van der Waals surface area contributed by atoms with Gasteiger partial charge in [0.05, 0.1) is 12.8 Å². The quantitative estimate of drug-likeness (QED) is 0.476. The number of likely N-dealkylation sites (tertiary alicyclic amines) is 2. The standard InChI is InChI=1S/C27H30F3N7O3/c1-35-22(9-11-24(35)38)25(39)36-13-12-21(20(16-36)17-6-4-3-5-7-17)31-15-18-14-19(8-10-23(18)40-2)37-26(27(28,29)30)32-33-34-37/h3-8,10,14,20-22,31H,9,11-13,15-16H2,1-2H3. The van der Waals surface area contributed by atoms with Gasteiger partial charge < -0.3 is 19.9 Å². The van der Waals surface area contributed by atoms with Crippen LogP contribution >= 0.6 is 0 Å². The van der Waals surface area contributed by atoms with Crippen LogP contribution in [0.5, 0.6) is 5.75 Å². The second kappa shape index (κ2) is 11.2. The van der Waals surface area contributed by atoms with E-state index in [0.717, 1.165) is 5.56 Å². The lowest BCUT2D eigenvalue weighted by Crippen LogP contribution is -2.53. The number of methoxy groups -OCH3 is 1. The first-order valence-corrected chi connectivity index (χ1v) is 13.0. The zero-order valence-electron chi connectivity index (χ0n) is 22.1. The van der Waals surface area contributed by atoms with Crippen molar-refractivity contribution in [3.05, 3.63) is 65.5 Å². The van der Waals surface area contributed by atoms with Gasteiger partial charge in [0.2, 0.25) is 11.8 Å². The van der Waals surface area contributed by atoms with Crippen LogP contribution in [0.1, 0.15) is 42.1 Å². The average Bonchev–Trinajstić information content (AvgIpc) is 3.59. The molecule has 40 heavy (non-hydrogen) atoms. The van der Waals surface area contributed by atoms with E-state index < -0.39 is 18.0 Å². The van der Waals surface area contributed by atoms with Gasteiger partial charge in [0, 0.05) is 50.6 Å². The van der Waals surface area contributed by atoms with Crippen molar-refractivity contribution in [2.24, 2.45) is 0 Å². The molecular formula is C27H30F3N7O3. The molecule has 5 rings (SSSR count). The molecule has 2 fully saturated rings. The van der Waals surface area contributed by atoms with Gasteiger partial charge >= 0.3 is 6.18 Å². The molecule has 0 bridgehead atoms. The molecule has 212 valence electrons. The molecular weight excluding hydrogens is 527 g/mol. The minimum atomic E-state index is -4.71. The van der Waals surface area contributed by atoms with Crippen LogP contribution in [-0.4, -0.2) is 81.2 Å². The predicted octanol–water partition coefficient (Wildman–Crippen LogP) is 2.78. The molecule has 2 saturated heterocycles. The third kappa shape index (κ3) is 5.51. The van der Waals surface area contributed by atoms with Crippen LogP contribution in [0.3, 0.4) is 0 Å². The van der Waals surface area contributed by atoms with E-state index in [1.54, 1.807) is 19.2 Å². The normalized spacial score (nSPS) is 21.6. The van der Waals surface area contributed by atoms with E-state index in [1.165, 1.54) is 18.1 Å². The highest BCUT2D eigenvalue weighted by molar-refractivity contribution is 5.90. The molecule has 3 unspecified atom stereocenters. The summed E-state index contributed by atoms with van der Waals surface area (Å²) in [6.45, 7) is 1.31. The van der Waals surface area contributed by atoms with Crippen LogP contribution in [-0.2, 0) is 22.3 Å². The van der Waals surface area contributed by atoms with Gasteiger partial charge in [-0.05, 0) is 47.0 Å². The van der Waals surface area contributed by atoms with Gasteiger partial charge in [0.15, 0.2) is 0 Å². The van der Waals surface area contributed by atoms with Crippen LogP contribution in [0.15, 0.2) is 48.5 Å². The Morgan fingerprint density at radius 3 is 2.60 bits per heavy atom. The number of hydrogen-bond acceptors (Lipinski definition) is 7. The molecule has 0 radical (unpaired) electrons. The summed E-state index contributed by atoms with van der Waals surface area (Å²) in [4.78, 5) is 28.7. The first-order chi connectivity index (χ1) is 19.2. The Balaban J connectivity index is 1.36. The van der Waals surface area contributed by atoms with E-state index in [0.29, 0.717) is 54.9 Å². The van der Waals surface area contributed by atoms with Crippen molar-refractivity contribution in [3.8, 4) is 11.4 Å². The van der Waals surface area contributed by atoms with Gasteiger partial charge in [-0.15, -0.1) is 5.10 Å². The summed E-state index contributed by atoms with van der Waals surface area (Å²) in [5, 5.41) is 13.4. The lowest BCUT2D eigenvalue weighted by Gasteiger charge is -2.41. The largest absolute Gasteiger partial charge is 0.496 e. The molecule has 3 atom stereocenters. The number of likely N-dealkylation sites (N-methyl/N-ethyl adjacent to an activating group) is 1. The number of benzene rings is 2. The van der Waals surface area contributed by atoms with E-state index in [1.807, 2.05) is 35.2 Å². The molecule has 2 aromatic carbocycles. The summed E-state index contributed by atoms with van der Waals surface area (Å²) in [5.74, 6) is -0.798. The van der Waals surface area contributed by atoms with Crippen molar-refractivity contribution in [1.82, 2.24) is 35.3 Å². The highest BCUT2D eigenvalue weighted by Gasteiger charge is 2.40. The van der Waals surface area contributed by atoms with Crippen LogP contribution in [0.2, 0.25) is 0 Å². The maximum Gasteiger partial charge on any atom is 0.453 e. The molecule has 1 aromatic heterocycles. The van der Waals surface area contributed by atoms with Gasteiger partial charge in [0.1, 0.15) is 11.8 Å². The van der Waals surface area contributed by atoms with Crippen LogP contribution < -0.4 is 10.1 Å². The smallest absolute Gasteiger partial charge is 0.453 e. The fourth-order valence-corrected chi connectivity index (χ4v) is 5.55. The fraction of sp³-hybridized carbons (Fsp3) is 0.444.